The van der Waals surface area contributed by atoms with Crippen LogP contribution in [0.25, 0.3) is 0 Å². The number of phenols is 1. The maximum atomic E-state index is 12.9. The van der Waals surface area contributed by atoms with Crippen LogP contribution >= 0.6 is 0 Å². The summed E-state index contributed by atoms with van der Waals surface area (Å²) in [4.78, 5) is 12.0. The molecule has 4 nitrogen and oxygen atoms in total. The van der Waals surface area contributed by atoms with Crippen molar-refractivity contribution >= 4 is 5.91 Å². The highest BCUT2D eigenvalue weighted by atomic mass is 19.1. The fourth-order valence-electron chi connectivity index (χ4n) is 1.85. The number of hydrogen-bond donors (Lipinski definition) is 3. The summed E-state index contributed by atoms with van der Waals surface area (Å²) in [7, 11) is 0. The van der Waals surface area contributed by atoms with Crippen molar-refractivity contribution in [2.45, 2.75) is 6.04 Å². The van der Waals surface area contributed by atoms with Crippen molar-refractivity contribution in [3.63, 3.8) is 0 Å². The summed E-state index contributed by atoms with van der Waals surface area (Å²) in [5, 5.41) is 21.5. The molecule has 0 bridgehead atoms. The van der Waals surface area contributed by atoms with Crippen molar-refractivity contribution in [2.24, 2.45) is 0 Å². The van der Waals surface area contributed by atoms with Crippen LogP contribution in [0.3, 0.4) is 0 Å². The van der Waals surface area contributed by atoms with Crippen molar-refractivity contribution < 1.29 is 19.4 Å². The molecule has 1 atom stereocenters. The zero-order valence-electron chi connectivity index (χ0n) is 10.6. The zero-order chi connectivity index (χ0) is 14.5. The second-order valence-electron chi connectivity index (χ2n) is 4.28. The molecule has 0 unspecified atom stereocenters. The van der Waals surface area contributed by atoms with Gasteiger partial charge >= 0.3 is 0 Å². The minimum atomic E-state index is -0.624. The summed E-state index contributed by atoms with van der Waals surface area (Å²) in [5.74, 6) is -1.64. The molecule has 2 aromatic carbocycles. The van der Waals surface area contributed by atoms with Gasteiger partial charge in [-0.3, -0.25) is 4.79 Å². The van der Waals surface area contributed by atoms with Crippen molar-refractivity contribution in [3.8, 4) is 5.75 Å². The first-order valence-electron chi connectivity index (χ1n) is 6.07. The number of aliphatic hydroxyl groups is 1. The number of nitrogens with one attached hydrogen (secondary N) is 1. The molecule has 0 radical (unpaired) electrons. The Morgan fingerprint density at radius 2 is 1.90 bits per heavy atom. The zero-order valence-corrected chi connectivity index (χ0v) is 10.6. The molecule has 0 saturated heterocycles. The minimum Gasteiger partial charge on any atom is -0.507 e. The average molecular weight is 275 g/mol. The van der Waals surface area contributed by atoms with E-state index in [1.165, 1.54) is 6.07 Å². The number of carbonyl (C=O) groups is 1. The maximum absolute atomic E-state index is 12.9. The van der Waals surface area contributed by atoms with Gasteiger partial charge in [-0.1, -0.05) is 30.3 Å². The monoisotopic (exact) mass is 275 g/mol. The standard InChI is InChI=1S/C15H14FNO3/c16-11-6-7-12(14(19)8-11)15(20)17-13(9-18)10-4-2-1-3-5-10/h1-8,13,18-19H,9H2,(H,17,20)/t13-/m0/s1. The lowest BCUT2D eigenvalue weighted by Crippen LogP contribution is -2.30. The van der Waals surface area contributed by atoms with E-state index in [4.69, 9.17) is 0 Å². The van der Waals surface area contributed by atoms with Gasteiger partial charge < -0.3 is 15.5 Å². The van der Waals surface area contributed by atoms with E-state index >= 15 is 0 Å². The van der Waals surface area contributed by atoms with E-state index in [-0.39, 0.29) is 12.2 Å². The number of halogens is 1. The summed E-state index contributed by atoms with van der Waals surface area (Å²) in [6.45, 7) is -0.280. The quantitative estimate of drug-likeness (QED) is 0.799. The van der Waals surface area contributed by atoms with Gasteiger partial charge in [-0.25, -0.2) is 4.39 Å². The van der Waals surface area contributed by atoms with Gasteiger partial charge in [0.15, 0.2) is 0 Å². The molecule has 0 aromatic heterocycles. The predicted octanol–water partition coefficient (Wildman–Crippen LogP) is 1.99. The Morgan fingerprint density at radius 3 is 2.50 bits per heavy atom. The van der Waals surface area contributed by atoms with Crippen molar-refractivity contribution in [2.75, 3.05) is 6.61 Å². The van der Waals surface area contributed by atoms with Gasteiger partial charge in [-0.05, 0) is 17.7 Å². The number of benzene rings is 2. The molecule has 0 heterocycles. The van der Waals surface area contributed by atoms with Gasteiger partial charge in [0.05, 0.1) is 18.2 Å². The summed E-state index contributed by atoms with van der Waals surface area (Å²) in [5.41, 5.74) is 0.700. The first-order chi connectivity index (χ1) is 9.61. The first-order valence-corrected chi connectivity index (χ1v) is 6.07. The highest BCUT2D eigenvalue weighted by Crippen LogP contribution is 2.19. The van der Waals surface area contributed by atoms with Crippen LogP contribution in [0, 0.1) is 5.82 Å². The topological polar surface area (TPSA) is 69.6 Å². The van der Waals surface area contributed by atoms with Crippen LogP contribution in [0.2, 0.25) is 0 Å². The van der Waals surface area contributed by atoms with E-state index < -0.39 is 23.5 Å². The predicted molar refractivity (Wildman–Crippen MR) is 71.8 cm³/mol. The third-order valence-electron chi connectivity index (χ3n) is 2.89. The lowest BCUT2D eigenvalue weighted by Gasteiger charge is -2.17. The number of hydrogen-bond acceptors (Lipinski definition) is 3. The van der Waals surface area contributed by atoms with Gasteiger partial charge in [0.1, 0.15) is 11.6 Å². The molecule has 0 saturated carbocycles. The molecule has 20 heavy (non-hydrogen) atoms. The molecule has 0 aliphatic heterocycles. The van der Waals surface area contributed by atoms with Gasteiger partial charge in [0.2, 0.25) is 0 Å². The molecular formula is C15H14FNO3. The van der Waals surface area contributed by atoms with E-state index in [0.717, 1.165) is 17.7 Å². The van der Waals surface area contributed by atoms with Gasteiger partial charge in [-0.15, -0.1) is 0 Å². The van der Waals surface area contributed by atoms with E-state index in [1.807, 2.05) is 6.07 Å². The molecule has 0 fully saturated rings. The third-order valence-corrected chi connectivity index (χ3v) is 2.89. The van der Waals surface area contributed by atoms with Crippen molar-refractivity contribution in [3.05, 3.63) is 65.5 Å². The largest absolute Gasteiger partial charge is 0.507 e. The Labute approximate surface area is 115 Å². The van der Waals surface area contributed by atoms with Gasteiger partial charge in [0, 0.05) is 6.07 Å². The van der Waals surface area contributed by atoms with E-state index in [2.05, 4.69) is 5.32 Å². The average Bonchev–Trinajstić information content (AvgIpc) is 2.45. The van der Waals surface area contributed by atoms with Gasteiger partial charge in [0.25, 0.3) is 5.91 Å². The fraction of sp³-hybridized carbons (Fsp3) is 0.133. The molecule has 0 aliphatic rings. The number of aromatic hydroxyl groups is 1. The Morgan fingerprint density at radius 1 is 1.20 bits per heavy atom. The molecule has 0 spiro atoms. The van der Waals surface area contributed by atoms with Crippen LogP contribution in [-0.4, -0.2) is 22.7 Å². The molecule has 0 aliphatic carbocycles. The second kappa shape index (κ2) is 6.16. The minimum absolute atomic E-state index is 0.0409. The van der Waals surface area contributed by atoms with Crippen molar-refractivity contribution in [1.82, 2.24) is 5.32 Å². The fourth-order valence-corrected chi connectivity index (χ4v) is 1.85. The summed E-state index contributed by atoms with van der Waals surface area (Å²) in [6.07, 6.45) is 0. The number of aliphatic hydroxyl groups excluding tert-OH is 1. The van der Waals surface area contributed by atoms with Crippen LogP contribution < -0.4 is 5.32 Å². The van der Waals surface area contributed by atoms with Crippen LogP contribution in [0.1, 0.15) is 22.0 Å². The molecule has 104 valence electrons. The summed E-state index contributed by atoms with van der Waals surface area (Å²) < 4.78 is 12.9. The van der Waals surface area contributed by atoms with Crippen LogP contribution in [-0.2, 0) is 0 Å². The molecule has 3 N–H and O–H groups in total. The van der Waals surface area contributed by atoms with Crippen LogP contribution in [0.15, 0.2) is 48.5 Å². The lowest BCUT2D eigenvalue weighted by molar-refractivity contribution is 0.0913. The van der Waals surface area contributed by atoms with Crippen LogP contribution in [0.4, 0.5) is 4.39 Å². The molecular weight excluding hydrogens is 261 g/mol. The Hall–Kier alpha value is -2.40. The number of phenolic OH excluding ortho intramolecular Hbond substituents is 1. The highest BCUT2D eigenvalue weighted by molar-refractivity contribution is 5.97. The second-order valence-corrected chi connectivity index (χ2v) is 4.28. The molecule has 1 amide bonds. The molecule has 2 aromatic rings. The molecule has 2 rings (SSSR count). The van der Waals surface area contributed by atoms with Gasteiger partial charge in [-0.2, -0.15) is 0 Å². The Balaban J connectivity index is 2.17. The van der Waals surface area contributed by atoms with Crippen molar-refractivity contribution in [1.29, 1.82) is 0 Å². The first kappa shape index (κ1) is 14.0. The Kier molecular flexibility index (Phi) is 4.32. The summed E-state index contributed by atoms with van der Waals surface area (Å²) >= 11 is 0. The number of amides is 1. The number of rotatable bonds is 4. The smallest absolute Gasteiger partial charge is 0.255 e. The SMILES string of the molecule is O=C(N[C@@H](CO)c1ccccc1)c1ccc(F)cc1O. The third kappa shape index (κ3) is 3.13. The molecule has 5 heteroatoms. The Bertz CT molecular complexity index is 601. The van der Waals surface area contributed by atoms with E-state index in [0.29, 0.717) is 0 Å². The normalized spacial score (nSPS) is 11.9. The van der Waals surface area contributed by atoms with Crippen LogP contribution in [0.5, 0.6) is 5.75 Å². The lowest BCUT2D eigenvalue weighted by atomic mass is 10.1. The van der Waals surface area contributed by atoms with E-state index in [9.17, 15) is 19.4 Å². The van der Waals surface area contributed by atoms with E-state index in [1.54, 1.807) is 24.3 Å². The number of carbonyl (C=O) groups excluding carboxylic acids is 1. The summed E-state index contributed by atoms with van der Waals surface area (Å²) in [6, 6.07) is 11.5. The highest BCUT2D eigenvalue weighted by Gasteiger charge is 2.17. The maximum Gasteiger partial charge on any atom is 0.255 e.